The number of rotatable bonds is 35. The molecule has 1 aromatic rings. The Balaban J connectivity index is 1.98. The summed E-state index contributed by atoms with van der Waals surface area (Å²) >= 11 is 0. The van der Waals surface area contributed by atoms with Gasteiger partial charge in [0.15, 0.2) is 0 Å². The van der Waals surface area contributed by atoms with Crippen LogP contribution in [0, 0.1) is 0 Å². The maximum atomic E-state index is 6.27. The van der Waals surface area contributed by atoms with Gasteiger partial charge in [-0.3, -0.25) is 0 Å². The lowest BCUT2D eigenvalue weighted by atomic mass is 10.1. The van der Waals surface area contributed by atoms with Crippen LogP contribution in [0.1, 0.15) is 168 Å². The van der Waals surface area contributed by atoms with Gasteiger partial charge in [0.25, 0.3) is 0 Å². The van der Waals surface area contributed by atoms with Gasteiger partial charge in [-0.2, -0.15) is 0 Å². The van der Waals surface area contributed by atoms with Crippen molar-refractivity contribution in [2.24, 2.45) is 0 Å². The fourth-order valence-corrected chi connectivity index (χ4v) is 5.53. The zero-order valence-electron chi connectivity index (χ0n) is 30.4. The van der Waals surface area contributed by atoms with Crippen LogP contribution in [0.3, 0.4) is 0 Å². The Morgan fingerprint density at radius 3 is 1.48 bits per heavy atom. The van der Waals surface area contributed by atoms with Gasteiger partial charge in [0.1, 0.15) is 0 Å². The van der Waals surface area contributed by atoms with E-state index in [2.05, 4.69) is 72.0 Å². The maximum absolute atomic E-state index is 6.27. The van der Waals surface area contributed by atoms with Crippen LogP contribution in [-0.2, 0) is 16.0 Å². The number of ether oxygens (including phenoxy) is 2. The first-order valence-corrected chi connectivity index (χ1v) is 19.6. The van der Waals surface area contributed by atoms with E-state index in [0.29, 0.717) is 6.61 Å². The summed E-state index contributed by atoms with van der Waals surface area (Å²) in [6, 6.07) is 0. The number of hydrogen-bond donors (Lipinski definition) is 0. The average molecular weight is 639 g/mol. The number of nitrogens with zero attached hydrogens (tertiary/aromatic N) is 2. The lowest BCUT2D eigenvalue weighted by Crippen LogP contribution is -2.26. The van der Waals surface area contributed by atoms with Crippen molar-refractivity contribution < 1.29 is 9.47 Å². The number of allylic oxidation sites excluding steroid dienone is 8. The fraction of sp³-hybridized carbons (Fsp3) is 0.738. The lowest BCUT2D eigenvalue weighted by molar-refractivity contribution is -0.0265. The van der Waals surface area contributed by atoms with Crippen molar-refractivity contribution >= 4 is 0 Å². The molecule has 0 aliphatic heterocycles. The molecule has 0 fully saturated rings. The summed E-state index contributed by atoms with van der Waals surface area (Å²) in [7, 11) is 0. The van der Waals surface area contributed by atoms with Crippen molar-refractivity contribution in [3.8, 4) is 0 Å². The van der Waals surface area contributed by atoms with Gasteiger partial charge < -0.3 is 14.0 Å². The molecule has 1 aromatic heterocycles. The minimum atomic E-state index is 0.0942. The molecule has 46 heavy (non-hydrogen) atoms. The molecule has 0 spiro atoms. The van der Waals surface area contributed by atoms with Crippen molar-refractivity contribution in [1.82, 2.24) is 9.55 Å². The smallest absolute Gasteiger partial charge is 0.0987 e. The Kier molecular flexibility index (Phi) is 32.9. The van der Waals surface area contributed by atoms with Gasteiger partial charge in [-0.25, -0.2) is 4.98 Å². The highest BCUT2D eigenvalue weighted by molar-refractivity contribution is 4.93. The molecular weight excluding hydrogens is 564 g/mol. The molecule has 0 radical (unpaired) electrons. The lowest BCUT2D eigenvalue weighted by Gasteiger charge is -2.19. The van der Waals surface area contributed by atoms with Crippen LogP contribution in [0.5, 0.6) is 0 Å². The zero-order valence-corrected chi connectivity index (χ0v) is 30.4. The third-order valence-corrected chi connectivity index (χ3v) is 8.47. The van der Waals surface area contributed by atoms with Crippen LogP contribution in [0.25, 0.3) is 0 Å². The van der Waals surface area contributed by atoms with Crippen LogP contribution < -0.4 is 0 Å². The molecule has 0 aliphatic rings. The normalized spacial score (nSPS) is 13.0. The molecule has 0 aliphatic carbocycles. The van der Waals surface area contributed by atoms with E-state index < -0.39 is 0 Å². The predicted octanol–water partition coefficient (Wildman–Crippen LogP) is 12.9. The highest BCUT2D eigenvalue weighted by Gasteiger charge is 2.10. The van der Waals surface area contributed by atoms with Crippen LogP contribution in [0.2, 0.25) is 0 Å². The third-order valence-electron chi connectivity index (χ3n) is 8.47. The van der Waals surface area contributed by atoms with Crippen LogP contribution in [0.4, 0.5) is 0 Å². The minimum absolute atomic E-state index is 0.0942. The van der Waals surface area contributed by atoms with E-state index in [1.807, 2.05) is 18.7 Å². The van der Waals surface area contributed by atoms with E-state index in [1.165, 1.54) is 128 Å². The number of hydrogen-bond acceptors (Lipinski definition) is 3. The summed E-state index contributed by atoms with van der Waals surface area (Å²) in [5, 5.41) is 0. The quantitative estimate of drug-likeness (QED) is 0.0548. The highest BCUT2D eigenvalue weighted by atomic mass is 16.5. The number of unbranched alkanes of at least 4 members (excludes halogenated alkanes) is 18. The summed E-state index contributed by atoms with van der Waals surface area (Å²) in [6.07, 6.45) is 55.0. The topological polar surface area (TPSA) is 36.3 Å². The highest BCUT2D eigenvalue weighted by Crippen LogP contribution is 2.11. The molecule has 4 heteroatoms. The second-order valence-corrected chi connectivity index (χ2v) is 13.0. The molecule has 0 saturated carbocycles. The van der Waals surface area contributed by atoms with Gasteiger partial charge in [0, 0.05) is 25.6 Å². The molecule has 0 N–H and O–H groups in total. The second-order valence-electron chi connectivity index (χ2n) is 13.0. The fourth-order valence-electron chi connectivity index (χ4n) is 5.53. The number of imidazole rings is 1. The van der Waals surface area contributed by atoms with Crippen molar-refractivity contribution in [2.75, 3.05) is 19.8 Å². The van der Waals surface area contributed by atoms with Crippen molar-refractivity contribution in [1.29, 1.82) is 0 Å². The zero-order chi connectivity index (χ0) is 32.9. The largest absolute Gasteiger partial charge is 0.379 e. The molecule has 1 heterocycles. The average Bonchev–Trinajstić information content (AvgIpc) is 3.58. The molecule has 4 nitrogen and oxygen atoms in total. The summed E-state index contributed by atoms with van der Waals surface area (Å²) in [4.78, 5) is 4.20. The van der Waals surface area contributed by atoms with Crippen molar-refractivity contribution in [3.05, 3.63) is 67.3 Å². The standard InChI is InChI=1S/C42H74N2O2/c1-3-5-7-9-11-13-15-17-19-21-23-25-27-29-31-33-37-45-40-42(39-44-36-35-43-41-44)46-38-34-32-30-28-26-24-22-20-18-16-14-12-10-8-6-4-2/h11-14,17-20,35-36,41-42H,3-10,15-16,21-34,37-40H2,1-2H3. The molecule has 0 aromatic carbocycles. The Bertz CT molecular complexity index is 827. The molecule has 1 rings (SSSR count). The molecule has 0 saturated heterocycles. The van der Waals surface area contributed by atoms with E-state index in [0.717, 1.165) is 45.4 Å². The Morgan fingerprint density at radius 2 is 1.00 bits per heavy atom. The van der Waals surface area contributed by atoms with E-state index in [9.17, 15) is 0 Å². The van der Waals surface area contributed by atoms with Crippen LogP contribution >= 0.6 is 0 Å². The van der Waals surface area contributed by atoms with Gasteiger partial charge in [-0.05, 0) is 77.0 Å². The first-order chi connectivity index (χ1) is 22.9. The van der Waals surface area contributed by atoms with Gasteiger partial charge in [0.05, 0.1) is 25.6 Å². The third kappa shape index (κ3) is 30.7. The first kappa shape index (κ1) is 42.1. The van der Waals surface area contributed by atoms with Gasteiger partial charge >= 0.3 is 0 Å². The van der Waals surface area contributed by atoms with Crippen LogP contribution in [-0.4, -0.2) is 35.5 Å². The molecule has 1 atom stereocenters. The van der Waals surface area contributed by atoms with Gasteiger partial charge in [-0.15, -0.1) is 0 Å². The Labute approximate surface area is 286 Å². The van der Waals surface area contributed by atoms with Gasteiger partial charge in [-0.1, -0.05) is 140 Å². The Hall–Kier alpha value is -1.91. The molecule has 264 valence electrons. The van der Waals surface area contributed by atoms with Crippen molar-refractivity contribution in [3.63, 3.8) is 0 Å². The predicted molar refractivity (Wildman–Crippen MR) is 202 cm³/mol. The minimum Gasteiger partial charge on any atom is -0.379 e. The summed E-state index contributed by atoms with van der Waals surface area (Å²) in [5.74, 6) is 0. The molecule has 1 unspecified atom stereocenters. The SMILES string of the molecule is CCCCCC=CCC=CCCCCCCCCOCC(Cn1ccnc1)OCCCCCCCCC=CCC=CCCCCC. The number of aromatic nitrogens is 2. The molecule has 0 amide bonds. The molecule has 0 bridgehead atoms. The van der Waals surface area contributed by atoms with E-state index in [1.54, 1.807) is 0 Å². The van der Waals surface area contributed by atoms with Crippen molar-refractivity contribution in [2.45, 2.75) is 181 Å². The molecular formula is C42H74N2O2. The van der Waals surface area contributed by atoms with E-state index in [-0.39, 0.29) is 6.10 Å². The summed E-state index contributed by atoms with van der Waals surface area (Å²) < 4.78 is 14.4. The van der Waals surface area contributed by atoms with E-state index >= 15 is 0 Å². The van der Waals surface area contributed by atoms with Gasteiger partial charge in [0.2, 0.25) is 0 Å². The summed E-state index contributed by atoms with van der Waals surface area (Å²) in [5.41, 5.74) is 0. The summed E-state index contributed by atoms with van der Waals surface area (Å²) in [6.45, 7) is 7.66. The van der Waals surface area contributed by atoms with Crippen LogP contribution in [0.15, 0.2) is 67.3 Å². The monoisotopic (exact) mass is 639 g/mol. The van der Waals surface area contributed by atoms with E-state index in [4.69, 9.17) is 9.47 Å². The second kappa shape index (κ2) is 35.9. The first-order valence-electron chi connectivity index (χ1n) is 19.6. The maximum Gasteiger partial charge on any atom is 0.0987 e. The Morgan fingerprint density at radius 1 is 0.543 bits per heavy atom.